The fourth-order valence-corrected chi connectivity index (χ4v) is 2.06. The molecule has 0 atom stereocenters. The number of hydrogen-bond acceptors (Lipinski definition) is 5. The lowest BCUT2D eigenvalue weighted by atomic mass is 10.2. The molecule has 22 heavy (non-hydrogen) atoms. The fourth-order valence-electron chi connectivity index (χ4n) is 2.06. The molecule has 0 saturated heterocycles. The molecular formula is C13H15F2N7. The second-order valence-electron chi connectivity index (χ2n) is 5.32. The molecule has 0 bridgehead atoms. The molecule has 0 unspecified atom stereocenters. The maximum absolute atomic E-state index is 12.8. The molecule has 1 N–H and O–H groups in total. The molecule has 3 aromatic rings. The summed E-state index contributed by atoms with van der Waals surface area (Å²) in [5.74, 6) is 0.417. The summed E-state index contributed by atoms with van der Waals surface area (Å²) in [7, 11) is 0. The van der Waals surface area contributed by atoms with Crippen LogP contribution in [0.1, 0.15) is 26.1 Å². The average Bonchev–Trinajstić information content (AvgIpc) is 3.04. The molecule has 9 heteroatoms. The Balaban J connectivity index is 1.84. The van der Waals surface area contributed by atoms with Crippen molar-refractivity contribution in [1.29, 1.82) is 0 Å². The van der Waals surface area contributed by atoms with Gasteiger partial charge in [-0.25, -0.2) is 8.78 Å². The summed E-state index contributed by atoms with van der Waals surface area (Å²) < 4.78 is 28.5. The number of fused-ring (bicyclic) bond motifs is 1. The Kier molecular flexibility index (Phi) is 3.70. The summed E-state index contributed by atoms with van der Waals surface area (Å²) in [4.78, 5) is 0. The lowest BCUT2D eigenvalue weighted by Crippen LogP contribution is -2.04. The van der Waals surface area contributed by atoms with Gasteiger partial charge in [-0.05, 0) is 18.1 Å². The molecule has 0 amide bonds. The maximum atomic E-state index is 12.8. The van der Waals surface area contributed by atoms with Gasteiger partial charge in [-0.2, -0.15) is 9.61 Å². The van der Waals surface area contributed by atoms with E-state index in [0.29, 0.717) is 11.7 Å². The van der Waals surface area contributed by atoms with Crippen molar-refractivity contribution in [1.82, 2.24) is 29.6 Å². The molecule has 116 valence electrons. The molecule has 3 aromatic heterocycles. The quantitative estimate of drug-likeness (QED) is 0.784. The molecule has 0 spiro atoms. The number of nitrogens with zero attached hydrogens (tertiary/aromatic N) is 6. The first-order valence-electron chi connectivity index (χ1n) is 6.83. The van der Waals surface area contributed by atoms with Gasteiger partial charge in [-0.3, -0.25) is 4.68 Å². The van der Waals surface area contributed by atoms with Crippen molar-refractivity contribution in [2.24, 2.45) is 5.92 Å². The van der Waals surface area contributed by atoms with E-state index in [2.05, 4.69) is 39.6 Å². The Morgan fingerprint density at radius 3 is 2.77 bits per heavy atom. The molecule has 0 saturated carbocycles. The van der Waals surface area contributed by atoms with Crippen LogP contribution < -0.4 is 5.32 Å². The van der Waals surface area contributed by atoms with E-state index >= 15 is 0 Å². The van der Waals surface area contributed by atoms with E-state index in [9.17, 15) is 8.78 Å². The van der Waals surface area contributed by atoms with E-state index in [1.165, 1.54) is 0 Å². The van der Waals surface area contributed by atoms with Crippen molar-refractivity contribution < 1.29 is 8.78 Å². The molecule has 7 nitrogen and oxygen atoms in total. The topological polar surface area (TPSA) is 72.9 Å². The van der Waals surface area contributed by atoms with Crippen molar-refractivity contribution in [3.8, 4) is 0 Å². The zero-order valence-corrected chi connectivity index (χ0v) is 12.1. The monoisotopic (exact) mass is 307 g/mol. The number of aromatic nitrogens is 6. The first kappa shape index (κ1) is 14.4. The van der Waals surface area contributed by atoms with Gasteiger partial charge in [0.2, 0.25) is 5.82 Å². The van der Waals surface area contributed by atoms with Crippen LogP contribution in [-0.4, -0.2) is 29.6 Å². The lowest BCUT2D eigenvalue weighted by Gasteiger charge is -2.05. The summed E-state index contributed by atoms with van der Waals surface area (Å²) in [6, 6.07) is 3.23. The Morgan fingerprint density at radius 2 is 2.05 bits per heavy atom. The Morgan fingerprint density at radius 1 is 1.23 bits per heavy atom. The van der Waals surface area contributed by atoms with Crippen LogP contribution in [-0.2, 0) is 6.54 Å². The number of alkyl halides is 2. The summed E-state index contributed by atoms with van der Waals surface area (Å²) in [6.45, 7) is 5.00. The third kappa shape index (κ3) is 2.87. The van der Waals surface area contributed by atoms with Gasteiger partial charge in [0, 0.05) is 12.7 Å². The van der Waals surface area contributed by atoms with Gasteiger partial charge in [0.25, 0.3) is 6.43 Å². The van der Waals surface area contributed by atoms with Crippen LogP contribution >= 0.6 is 0 Å². The maximum Gasteiger partial charge on any atom is 0.299 e. The lowest BCUT2D eigenvalue weighted by molar-refractivity contribution is 0.137. The van der Waals surface area contributed by atoms with Gasteiger partial charge in [-0.15, -0.1) is 15.3 Å². The minimum Gasteiger partial charge on any atom is -0.336 e. The highest BCUT2D eigenvalue weighted by Gasteiger charge is 2.17. The summed E-state index contributed by atoms with van der Waals surface area (Å²) in [6.07, 6.45) is 0.770. The highest BCUT2D eigenvalue weighted by atomic mass is 19.3. The third-order valence-electron chi connectivity index (χ3n) is 2.94. The summed E-state index contributed by atoms with van der Waals surface area (Å²) in [5.41, 5.74) is 1.01. The van der Waals surface area contributed by atoms with Crippen molar-refractivity contribution >= 4 is 17.2 Å². The fraction of sp³-hybridized carbons (Fsp3) is 0.385. The van der Waals surface area contributed by atoms with Crippen LogP contribution in [0, 0.1) is 5.92 Å². The molecule has 3 rings (SSSR count). The van der Waals surface area contributed by atoms with Gasteiger partial charge < -0.3 is 5.32 Å². The van der Waals surface area contributed by atoms with Crippen LogP contribution in [0.3, 0.4) is 0 Å². The van der Waals surface area contributed by atoms with E-state index in [1.54, 1.807) is 18.3 Å². The molecule has 0 radical (unpaired) electrons. The molecule has 0 aliphatic rings. The van der Waals surface area contributed by atoms with Crippen molar-refractivity contribution in [2.45, 2.75) is 26.8 Å². The summed E-state index contributed by atoms with van der Waals surface area (Å²) >= 11 is 0. The number of nitrogens with one attached hydrogen (secondary N) is 1. The number of anilines is 2. The van der Waals surface area contributed by atoms with Gasteiger partial charge in [0.1, 0.15) is 0 Å². The summed E-state index contributed by atoms with van der Waals surface area (Å²) in [5, 5.41) is 18.4. The first-order valence-corrected chi connectivity index (χ1v) is 6.83. The van der Waals surface area contributed by atoms with E-state index in [-0.39, 0.29) is 5.65 Å². The zero-order chi connectivity index (χ0) is 15.7. The Hall–Kier alpha value is -2.58. The molecular weight excluding hydrogens is 292 g/mol. The first-order chi connectivity index (χ1) is 10.5. The minimum atomic E-state index is -2.73. The molecule has 0 aromatic carbocycles. The van der Waals surface area contributed by atoms with E-state index in [0.717, 1.165) is 16.7 Å². The second-order valence-corrected chi connectivity index (χ2v) is 5.32. The van der Waals surface area contributed by atoms with Gasteiger partial charge in [-0.1, -0.05) is 13.8 Å². The van der Waals surface area contributed by atoms with Crippen LogP contribution in [0.15, 0.2) is 24.5 Å². The molecule has 0 aliphatic carbocycles. The van der Waals surface area contributed by atoms with Crippen LogP contribution in [0.25, 0.3) is 5.65 Å². The van der Waals surface area contributed by atoms with Gasteiger partial charge in [0.15, 0.2) is 11.5 Å². The minimum absolute atomic E-state index is 0.274. The van der Waals surface area contributed by atoms with Gasteiger partial charge in [0.05, 0.1) is 11.9 Å². The Labute approximate surface area is 125 Å². The van der Waals surface area contributed by atoms with Crippen molar-refractivity contribution in [3.05, 3.63) is 30.4 Å². The Bertz CT molecular complexity index is 778. The van der Waals surface area contributed by atoms with Crippen LogP contribution in [0.5, 0.6) is 0 Å². The number of hydrogen-bond donors (Lipinski definition) is 1. The van der Waals surface area contributed by atoms with Crippen molar-refractivity contribution in [2.75, 3.05) is 5.32 Å². The highest BCUT2D eigenvalue weighted by Crippen LogP contribution is 2.19. The zero-order valence-electron chi connectivity index (χ0n) is 12.1. The SMILES string of the molecule is CC(C)Cn1cc(Nc2ccc3nnc(C(F)F)n3n2)cn1. The molecule has 0 fully saturated rings. The van der Waals surface area contributed by atoms with E-state index in [4.69, 9.17) is 0 Å². The average molecular weight is 307 g/mol. The number of halogens is 2. The predicted octanol–water partition coefficient (Wildman–Crippen LogP) is 2.66. The van der Waals surface area contributed by atoms with E-state index < -0.39 is 12.2 Å². The standard InChI is InChI=1S/C13H15F2N7/c1-8(2)6-21-7-9(5-16-21)17-10-3-4-11-18-19-13(12(14)15)22(11)20-10/h3-5,7-8,12H,6H2,1-2H3,(H,17,20). The highest BCUT2D eigenvalue weighted by molar-refractivity contribution is 5.55. The third-order valence-corrected chi connectivity index (χ3v) is 2.94. The second kappa shape index (κ2) is 5.66. The van der Waals surface area contributed by atoms with E-state index in [1.807, 2.05) is 10.9 Å². The molecule has 3 heterocycles. The molecule has 0 aliphatic heterocycles. The smallest absolute Gasteiger partial charge is 0.299 e. The predicted molar refractivity (Wildman–Crippen MR) is 76.1 cm³/mol. The largest absolute Gasteiger partial charge is 0.336 e. The normalized spacial score (nSPS) is 11.7. The van der Waals surface area contributed by atoms with Crippen molar-refractivity contribution in [3.63, 3.8) is 0 Å². The number of rotatable bonds is 5. The van der Waals surface area contributed by atoms with Crippen LogP contribution in [0.4, 0.5) is 20.3 Å². The van der Waals surface area contributed by atoms with Crippen LogP contribution in [0.2, 0.25) is 0 Å². The van der Waals surface area contributed by atoms with Gasteiger partial charge >= 0.3 is 0 Å².